The number of amides is 1. The van der Waals surface area contributed by atoms with E-state index in [1.807, 2.05) is 42.5 Å². The average molecular weight is 589 g/mol. The first-order valence-electron chi connectivity index (χ1n) is 11.9. The molecule has 1 aliphatic heterocycles. The number of pyridine rings is 1. The lowest BCUT2D eigenvalue weighted by Gasteiger charge is -2.25. The number of nitro benzene ring substituents is 1. The number of carbonyl (C=O) groups excluding carboxylic acids is 1. The Morgan fingerprint density at radius 1 is 1.00 bits per heavy atom. The number of nitrogens with zero attached hydrogens (tertiary/aromatic N) is 2. The summed E-state index contributed by atoms with van der Waals surface area (Å²) in [6.45, 7) is 0. The van der Waals surface area contributed by atoms with E-state index in [0.29, 0.717) is 22.3 Å². The number of non-ortho nitro benzene ring substituents is 1. The molecule has 3 aromatic carbocycles. The standard InChI is InChI=1S/C28H21BrN4O6/c29-18-9-10-21-20(14-18)26(16-5-2-1-3-6-16)27(28(37)30-21)22-15-23(17-7-4-8-19(13-17)33(38)39)32(31-22)24(34)11-12-25(35)36/h1-10,13-15,23,31H,11-12H2,(H,30,37)(H,35,36)/t23-/m1/s1. The summed E-state index contributed by atoms with van der Waals surface area (Å²) in [6.07, 6.45) is 0.952. The minimum Gasteiger partial charge on any atom is -0.481 e. The number of hydrogen-bond acceptors (Lipinski definition) is 6. The van der Waals surface area contributed by atoms with Gasteiger partial charge in [0.25, 0.3) is 11.2 Å². The minimum absolute atomic E-state index is 0.161. The van der Waals surface area contributed by atoms with Crippen LogP contribution in [0.2, 0.25) is 0 Å². The van der Waals surface area contributed by atoms with Crippen LogP contribution in [-0.4, -0.2) is 31.9 Å². The van der Waals surface area contributed by atoms with Crippen molar-refractivity contribution in [1.29, 1.82) is 0 Å². The van der Waals surface area contributed by atoms with Crippen LogP contribution < -0.4 is 11.0 Å². The molecule has 0 saturated heterocycles. The molecule has 1 aliphatic rings. The molecule has 0 aliphatic carbocycles. The summed E-state index contributed by atoms with van der Waals surface area (Å²) < 4.78 is 0.804. The number of rotatable bonds is 7. The second kappa shape index (κ2) is 10.5. The molecular weight excluding hydrogens is 568 g/mol. The van der Waals surface area contributed by atoms with Gasteiger partial charge in [0.1, 0.15) is 0 Å². The molecule has 39 heavy (non-hydrogen) atoms. The zero-order valence-electron chi connectivity index (χ0n) is 20.3. The monoisotopic (exact) mass is 588 g/mol. The van der Waals surface area contributed by atoms with E-state index in [1.54, 1.807) is 18.2 Å². The van der Waals surface area contributed by atoms with E-state index in [0.717, 1.165) is 15.4 Å². The highest BCUT2D eigenvalue weighted by atomic mass is 79.9. The van der Waals surface area contributed by atoms with Gasteiger partial charge in [-0.25, -0.2) is 5.01 Å². The van der Waals surface area contributed by atoms with Crippen molar-refractivity contribution in [3.8, 4) is 11.1 Å². The predicted molar refractivity (Wildman–Crippen MR) is 148 cm³/mol. The third kappa shape index (κ3) is 5.16. The highest BCUT2D eigenvalue weighted by Gasteiger charge is 2.34. The number of fused-ring (bicyclic) bond motifs is 1. The van der Waals surface area contributed by atoms with Gasteiger partial charge in [-0.05, 0) is 35.4 Å². The van der Waals surface area contributed by atoms with Crippen LogP contribution in [-0.2, 0) is 9.59 Å². The Hall–Kier alpha value is -4.77. The fourth-order valence-corrected chi connectivity index (χ4v) is 5.02. The van der Waals surface area contributed by atoms with Gasteiger partial charge >= 0.3 is 5.97 Å². The fourth-order valence-electron chi connectivity index (χ4n) is 4.65. The van der Waals surface area contributed by atoms with E-state index in [-0.39, 0.29) is 17.7 Å². The average Bonchev–Trinajstić information content (AvgIpc) is 3.37. The number of aliphatic carboxylic acids is 1. The van der Waals surface area contributed by atoms with Gasteiger partial charge in [0, 0.05) is 39.5 Å². The van der Waals surface area contributed by atoms with Gasteiger partial charge in [-0.15, -0.1) is 0 Å². The number of aromatic amines is 1. The number of carbonyl (C=O) groups is 2. The highest BCUT2D eigenvalue weighted by molar-refractivity contribution is 9.10. The van der Waals surface area contributed by atoms with E-state index in [2.05, 4.69) is 26.3 Å². The van der Waals surface area contributed by atoms with Crippen molar-refractivity contribution in [2.75, 3.05) is 0 Å². The van der Waals surface area contributed by atoms with Crippen molar-refractivity contribution in [1.82, 2.24) is 15.4 Å². The Kier molecular flexibility index (Phi) is 6.99. The van der Waals surface area contributed by atoms with Gasteiger partial charge < -0.3 is 10.1 Å². The van der Waals surface area contributed by atoms with Gasteiger partial charge in [0.2, 0.25) is 5.91 Å². The zero-order valence-corrected chi connectivity index (χ0v) is 21.8. The van der Waals surface area contributed by atoms with E-state index >= 15 is 0 Å². The first-order chi connectivity index (χ1) is 18.7. The Morgan fingerprint density at radius 2 is 1.77 bits per heavy atom. The highest BCUT2D eigenvalue weighted by Crippen LogP contribution is 2.38. The van der Waals surface area contributed by atoms with Gasteiger partial charge in [-0.1, -0.05) is 58.4 Å². The van der Waals surface area contributed by atoms with Gasteiger partial charge in [-0.3, -0.25) is 29.9 Å². The summed E-state index contributed by atoms with van der Waals surface area (Å²) in [5, 5.41) is 22.5. The van der Waals surface area contributed by atoms with Crippen molar-refractivity contribution in [2.24, 2.45) is 0 Å². The molecule has 0 spiro atoms. The predicted octanol–water partition coefficient (Wildman–Crippen LogP) is 5.16. The number of benzene rings is 3. The molecule has 2 heterocycles. The molecule has 1 amide bonds. The van der Waals surface area contributed by atoms with E-state index in [1.165, 1.54) is 23.2 Å². The molecule has 0 bridgehead atoms. The van der Waals surface area contributed by atoms with Crippen molar-refractivity contribution in [3.63, 3.8) is 0 Å². The molecule has 1 atom stereocenters. The number of aromatic nitrogens is 1. The number of nitrogens with one attached hydrogen (secondary N) is 2. The Morgan fingerprint density at radius 3 is 2.49 bits per heavy atom. The van der Waals surface area contributed by atoms with Gasteiger partial charge in [-0.2, -0.15) is 0 Å². The summed E-state index contributed by atoms with van der Waals surface area (Å²) >= 11 is 3.50. The number of hydrazine groups is 1. The summed E-state index contributed by atoms with van der Waals surface area (Å²) in [4.78, 5) is 51.7. The second-order valence-electron chi connectivity index (χ2n) is 8.91. The molecule has 10 nitrogen and oxygen atoms in total. The van der Waals surface area contributed by atoms with E-state index in [4.69, 9.17) is 5.11 Å². The molecule has 1 aromatic heterocycles. The van der Waals surface area contributed by atoms with E-state index < -0.39 is 34.8 Å². The summed E-state index contributed by atoms with van der Waals surface area (Å²) in [7, 11) is 0. The molecule has 11 heteroatoms. The van der Waals surface area contributed by atoms with Gasteiger partial charge in [0.05, 0.1) is 28.6 Å². The molecule has 4 aromatic rings. The largest absolute Gasteiger partial charge is 0.481 e. The van der Waals surface area contributed by atoms with Crippen LogP contribution in [0.15, 0.2) is 88.1 Å². The number of hydrogen-bond donors (Lipinski definition) is 3. The number of carboxylic acid groups (broad SMARTS) is 1. The molecule has 196 valence electrons. The number of H-pyrrole nitrogens is 1. The lowest BCUT2D eigenvalue weighted by atomic mass is 9.94. The summed E-state index contributed by atoms with van der Waals surface area (Å²) in [5.74, 6) is -1.67. The molecular formula is C28H21BrN4O6. The number of halogens is 1. The summed E-state index contributed by atoms with van der Waals surface area (Å²) in [5.41, 5.74) is 5.48. The van der Waals surface area contributed by atoms with Crippen LogP contribution >= 0.6 is 15.9 Å². The second-order valence-corrected chi connectivity index (χ2v) is 9.82. The minimum atomic E-state index is -1.13. The molecule has 0 fully saturated rings. The van der Waals surface area contributed by atoms with Crippen LogP contribution in [0.4, 0.5) is 5.69 Å². The van der Waals surface area contributed by atoms with Crippen molar-refractivity contribution >= 4 is 50.1 Å². The molecule has 3 N–H and O–H groups in total. The lowest BCUT2D eigenvalue weighted by Crippen LogP contribution is -2.40. The maximum absolute atomic E-state index is 13.6. The normalized spacial score (nSPS) is 14.6. The lowest BCUT2D eigenvalue weighted by molar-refractivity contribution is -0.384. The molecule has 0 unspecified atom stereocenters. The van der Waals surface area contributed by atoms with Crippen LogP contribution in [0.1, 0.15) is 30.0 Å². The zero-order chi connectivity index (χ0) is 27.7. The quantitative estimate of drug-likeness (QED) is 0.199. The maximum Gasteiger partial charge on any atom is 0.303 e. The third-order valence-corrected chi connectivity index (χ3v) is 6.89. The Labute approximate surface area is 229 Å². The van der Waals surface area contributed by atoms with Crippen LogP contribution in [0.25, 0.3) is 27.7 Å². The number of carboxylic acids is 1. The van der Waals surface area contributed by atoms with Gasteiger partial charge in [0.15, 0.2) is 0 Å². The molecule has 0 saturated carbocycles. The number of nitro groups is 1. The Balaban J connectivity index is 1.71. The first kappa shape index (κ1) is 25.9. The smallest absolute Gasteiger partial charge is 0.303 e. The van der Waals surface area contributed by atoms with Crippen molar-refractivity contribution < 1.29 is 19.6 Å². The van der Waals surface area contributed by atoms with Crippen LogP contribution in [0.3, 0.4) is 0 Å². The van der Waals surface area contributed by atoms with Crippen LogP contribution in [0, 0.1) is 10.1 Å². The van der Waals surface area contributed by atoms with Crippen molar-refractivity contribution in [3.05, 3.63) is 115 Å². The van der Waals surface area contributed by atoms with Crippen LogP contribution in [0.5, 0.6) is 0 Å². The third-order valence-electron chi connectivity index (χ3n) is 6.40. The SMILES string of the molecule is O=C(O)CCC(=O)N1NC(c2c(-c3ccccc3)c3cc(Br)ccc3[nH]c2=O)=C[C@@H]1c1cccc([N+](=O)[O-])c1. The maximum atomic E-state index is 13.6. The molecule has 0 radical (unpaired) electrons. The molecule has 5 rings (SSSR count). The fraction of sp³-hybridized carbons (Fsp3) is 0.107. The summed E-state index contributed by atoms with van der Waals surface area (Å²) in [6, 6.07) is 19.8. The van der Waals surface area contributed by atoms with Crippen molar-refractivity contribution in [2.45, 2.75) is 18.9 Å². The Bertz CT molecular complexity index is 1720. The topological polar surface area (TPSA) is 146 Å². The van der Waals surface area contributed by atoms with E-state index in [9.17, 15) is 24.5 Å². The first-order valence-corrected chi connectivity index (χ1v) is 12.7.